The van der Waals surface area contributed by atoms with Crippen LogP contribution in [-0.4, -0.2) is 14.5 Å². The molecule has 0 atom stereocenters. The monoisotopic (exact) mass is 437 g/mol. The average molecular weight is 438 g/mol. The molecule has 3 aromatic heterocycles. The lowest BCUT2D eigenvalue weighted by Gasteiger charge is -2.22. The third kappa shape index (κ3) is 3.36. The van der Waals surface area contributed by atoms with Gasteiger partial charge in [0.2, 0.25) is 5.71 Å². The first-order valence-electron chi connectivity index (χ1n) is 11.7. The van der Waals surface area contributed by atoms with Gasteiger partial charge in [-0.2, -0.15) is 0 Å². The number of aryl methyl sites for hydroxylation is 3. The normalized spacial score (nSPS) is 12.0. The van der Waals surface area contributed by atoms with Crippen molar-refractivity contribution in [1.29, 1.82) is 0 Å². The fourth-order valence-electron chi connectivity index (χ4n) is 5.02. The minimum absolute atomic E-state index is 0.395. The number of imidazole rings is 1. The number of aromatic nitrogens is 3. The van der Waals surface area contributed by atoms with Crippen LogP contribution >= 0.6 is 0 Å². The second kappa shape index (κ2) is 7.87. The Hall–Kier alpha value is -3.40. The van der Waals surface area contributed by atoms with Crippen molar-refractivity contribution in [1.82, 2.24) is 14.5 Å². The molecular formula is C29H31N3O. The maximum Gasteiger partial charge on any atom is 0.227 e. The van der Waals surface area contributed by atoms with Crippen molar-refractivity contribution in [3.63, 3.8) is 0 Å². The molecule has 5 rings (SSSR count). The Balaban J connectivity index is 1.87. The van der Waals surface area contributed by atoms with Crippen LogP contribution in [0.4, 0.5) is 0 Å². The molecule has 0 aliphatic rings. The van der Waals surface area contributed by atoms with Gasteiger partial charge >= 0.3 is 0 Å². The van der Waals surface area contributed by atoms with Crippen LogP contribution in [0, 0.1) is 20.8 Å². The molecule has 3 heterocycles. The van der Waals surface area contributed by atoms with E-state index in [1.807, 2.05) is 19.2 Å². The number of fused-ring (bicyclic) bond motifs is 3. The van der Waals surface area contributed by atoms with Crippen LogP contribution in [0.15, 0.2) is 53.2 Å². The molecule has 0 radical (unpaired) electrons. The van der Waals surface area contributed by atoms with Crippen molar-refractivity contribution >= 4 is 22.1 Å². The Bertz CT molecular complexity index is 1470. The van der Waals surface area contributed by atoms with E-state index in [0.717, 1.165) is 39.0 Å². The van der Waals surface area contributed by atoms with Gasteiger partial charge in [-0.1, -0.05) is 52.0 Å². The van der Waals surface area contributed by atoms with E-state index in [0.29, 0.717) is 17.5 Å². The number of furan rings is 1. The van der Waals surface area contributed by atoms with Crippen molar-refractivity contribution < 1.29 is 4.42 Å². The van der Waals surface area contributed by atoms with E-state index in [9.17, 15) is 0 Å². The van der Waals surface area contributed by atoms with Crippen LogP contribution in [0.2, 0.25) is 0 Å². The highest BCUT2D eigenvalue weighted by atomic mass is 16.3. The van der Waals surface area contributed by atoms with Gasteiger partial charge in [-0.15, -0.1) is 0 Å². The summed E-state index contributed by atoms with van der Waals surface area (Å²) in [5, 5.41) is 2.17. The lowest BCUT2D eigenvalue weighted by Crippen LogP contribution is -2.08. The van der Waals surface area contributed by atoms with Gasteiger partial charge in [0.05, 0.1) is 11.3 Å². The van der Waals surface area contributed by atoms with E-state index in [2.05, 4.69) is 87.6 Å². The molecule has 0 N–H and O–H groups in total. The predicted octanol–water partition coefficient (Wildman–Crippen LogP) is 8.01. The molecule has 168 valence electrons. The van der Waals surface area contributed by atoms with Crippen LogP contribution in [0.5, 0.6) is 0 Å². The molecular weight excluding hydrogens is 406 g/mol. The lowest BCUT2D eigenvalue weighted by molar-refractivity contribution is 0.652. The first kappa shape index (κ1) is 21.4. The number of pyridine rings is 1. The van der Waals surface area contributed by atoms with Crippen LogP contribution in [0.3, 0.4) is 0 Å². The number of nitrogens with zero attached hydrogens (tertiary/aromatic N) is 3. The Morgan fingerprint density at radius 3 is 2.24 bits per heavy atom. The summed E-state index contributed by atoms with van der Waals surface area (Å²) in [6.45, 7) is 15.3. The summed E-state index contributed by atoms with van der Waals surface area (Å²) in [4.78, 5) is 9.54. The molecule has 4 heteroatoms. The fourth-order valence-corrected chi connectivity index (χ4v) is 5.02. The zero-order valence-corrected chi connectivity index (χ0v) is 20.5. The minimum Gasteiger partial charge on any atom is -0.437 e. The third-order valence-corrected chi connectivity index (χ3v) is 6.59. The zero-order chi connectivity index (χ0) is 23.4. The lowest BCUT2D eigenvalue weighted by atomic mass is 9.92. The first-order chi connectivity index (χ1) is 15.8. The van der Waals surface area contributed by atoms with Crippen molar-refractivity contribution in [3.8, 4) is 17.1 Å². The Labute approximate surface area is 195 Å². The molecule has 33 heavy (non-hydrogen) atoms. The van der Waals surface area contributed by atoms with Gasteiger partial charge in [-0.05, 0) is 67.0 Å². The van der Waals surface area contributed by atoms with Crippen LogP contribution in [0.25, 0.3) is 39.1 Å². The zero-order valence-electron chi connectivity index (χ0n) is 20.5. The van der Waals surface area contributed by atoms with Gasteiger partial charge in [0.15, 0.2) is 0 Å². The highest BCUT2D eigenvalue weighted by Crippen LogP contribution is 2.41. The number of rotatable bonds is 4. The molecule has 0 fully saturated rings. The number of benzene rings is 2. The topological polar surface area (TPSA) is 43.9 Å². The molecule has 5 aromatic rings. The predicted molar refractivity (Wildman–Crippen MR) is 136 cm³/mol. The molecule has 0 aliphatic heterocycles. The van der Waals surface area contributed by atoms with Crippen molar-refractivity contribution in [2.24, 2.45) is 0 Å². The van der Waals surface area contributed by atoms with Crippen LogP contribution in [0.1, 0.15) is 67.5 Å². The van der Waals surface area contributed by atoms with Crippen molar-refractivity contribution in [3.05, 3.63) is 76.7 Å². The van der Waals surface area contributed by atoms with Gasteiger partial charge in [0, 0.05) is 28.9 Å². The van der Waals surface area contributed by atoms with E-state index >= 15 is 0 Å². The van der Waals surface area contributed by atoms with E-state index in [1.54, 1.807) is 0 Å². The first-order valence-corrected chi connectivity index (χ1v) is 11.7. The van der Waals surface area contributed by atoms with Gasteiger partial charge in [0.25, 0.3) is 0 Å². The van der Waals surface area contributed by atoms with Crippen molar-refractivity contribution in [2.75, 3.05) is 0 Å². The number of hydrogen-bond donors (Lipinski definition) is 0. The maximum absolute atomic E-state index is 6.43. The quantitative estimate of drug-likeness (QED) is 0.286. The van der Waals surface area contributed by atoms with E-state index in [4.69, 9.17) is 9.40 Å². The molecule has 0 aliphatic carbocycles. The number of hydrogen-bond acceptors (Lipinski definition) is 3. The maximum atomic E-state index is 6.43. The minimum atomic E-state index is 0.395. The number of para-hydroxylation sites is 1. The Morgan fingerprint density at radius 1 is 0.879 bits per heavy atom. The molecule has 0 saturated carbocycles. The summed E-state index contributed by atoms with van der Waals surface area (Å²) in [7, 11) is 0. The SMILES string of the molecule is Cc1ccc2c(n1)oc1c(-c3nccn3-c3c(C(C)C)cccc3C(C)C)c(C)cc(C)c12. The second-order valence-electron chi connectivity index (χ2n) is 9.71. The smallest absolute Gasteiger partial charge is 0.227 e. The highest BCUT2D eigenvalue weighted by Gasteiger charge is 2.24. The van der Waals surface area contributed by atoms with Gasteiger partial charge in [0.1, 0.15) is 11.4 Å². The molecule has 0 amide bonds. The molecule has 0 spiro atoms. The van der Waals surface area contributed by atoms with Crippen LogP contribution < -0.4 is 0 Å². The molecule has 0 saturated heterocycles. The molecule has 0 unspecified atom stereocenters. The molecule has 0 bridgehead atoms. The van der Waals surface area contributed by atoms with E-state index in [-0.39, 0.29) is 0 Å². The molecule has 4 nitrogen and oxygen atoms in total. The Kier molecular flexibility index (Phi) is 5.12. The summed E-state index contributed by atoms with van der Waals surface area (Å²) < 4.78 is 8.69. The van der Waals surface area contributed by atoms with Gasteiger partial charge in [-0.25, -0.2) is 9.97 Å². The van der Waals surface area contributed by atoms with E-state index < -0.39 is 0 Å². The van der Waals surface area contributed by atoms with Gasteiger partial charge < -0.3 is 4.42 Å². The summed E-state index contributed by atoms with van der Waals surface area (Å²) in [5.41, 5.74) is 9.75. The summed E-state index contributed by atoms with van der Waals surface area (Å²) in [5.74, 6) is 1.70. The molecule has 2 aromatic carbocycles. The van der Waals surface area contributed by atoms with E-state index in [1.165, 1.54) is 22.4 Å². The average Bonchev–Trinajstić information content (AvgIpc) is 3.37. The summed E-state index contributed by atoms with van der Waals surface area (Å²) >= 11 is 0. The highest BCUT2D eigenvalue weighted by molar-refractivity contribution is 6.10. The van der Waals surface area contributed by atoms with Crippen LogP contribution in [-0.2, 0) is 0 Å². The fraction of sp³-hybridized carbons (Fsp3) is 0.310. The third-order valence-electron chi connectivity index (χ3n) is 6.59. The largest absolute Gasteiger partial charge is 0.437 e. The second-order valence-corrected chi connectivity index (χ2v) is 9.71. The summed E-state index contributed by atoms with van der Waals surface area (Å²) in [6, 6.07) is 13.1. The Morgan fingerprint density at radius 2 is 1.58 bits per heavy atom. The van der Waals surface area contributed by atoms with Gasteiger partial charge in [-0.3, -0.25) is 4.57 Å². The standard InChI is InChI=1S/C29H31N3O/c1-16(2)21-9-8-10-22(17(3)4)26(21)32-14-13-30-28(32)25-19(6)15-18(5)24-23-12-11-20(7)31-29(23)33-27(24)25/h8-17H,1-7H3. The summed E-state index contributed by atoms with van der Waals surface area (Å²) in [6.07, 6.45) is 3.98. The van der Waals surface area contributed by atoms with Crippen molar-refractivity contribution in [2.45, 2.75) is 60.3 Å².